The van der Waals surface area contributed by atoms with Crippen LogP contribution in [0.5, 0.6) is 0 Å². The zero-order chi connectivity index (χ0) is 17.5. The molecule has 0 N–H and O–H groups in total. The Kier molecular flexibility index (Phi) is 5.61. The van der Waals surface area contributed by atoms with Gasteiger partial charge in [-0.05, 0) is 16.7 Å². The number of hydroxylamine groups is 2. The second kappa shape index (κ2) is 8.08. The smallest absolute Gasteiger partial charge is 0.0889 e. The van der Waals surface area contributed by atoms with Crippen LogP contribution in [-0.4, -0.2) is 26.0 Å². The molecule has 0 fully saturated rings. The molecule has 3 aromatic rings. The van der Waals surface area contributed by atoms with Crippen LogP contribution in [0.1, 0.15) is 16.7 Å². The first-order chi connectivity index (χ1) is 12.3. The quantitative estimate of drug-likeness (QED) is 0.471. The van der Waals surface area contributed by atoms with Crippen LogP contribution in [0.3, 0.4) is 0 Å². The summed E-state index contributed by atoms with van der Waals surface area (Å²) in [5.41, 5.74) is 3.10. The van der Waals surface area contributed by atoms with Crippen molar-refractivity contribution in [2.45, 2.75) is 5.41 Å². The van der Waals surface area contributed by atoms with Gasteiger partial charge >= 0.3 is 0 Å². The average molecular weight is 333 g/mol. The number of hydrogen-bond acceptors (Lipinski definition) is 3. The summed E-state index contributed by atoms with van der Waals surface area (Å²) in [5.74, 6) is 0. The van der Waals surface area contributed by atoms with E-state index in [0.717, 1.165) is 0 Å². The summed E-state index contributed by atoms with van der Waals surface area (Å²) < 4.78 is 0. The molecule has 3 rings (SSSR count). The van der Waals surface area contributed by atoms with Crippen LogP contribution in [0.4, 0.5) is 0 Å². The molecule has 3 nitrogen and oxygen atoms in total. The van der Waals surface area contributed by atoms with Crippen molar-refractivity contribution in [1.29, 1.82) is 0 Å². The summed E-state index contributed by atoms with van der Waals surface area (Å²) in [4.78, 5) is 11.1. The molecule has 3 heteroatoms. The van der Waals surface area contributed by atoms with Gasteiger partial charge in [0.15, 0.2) is 0 Å². The zero-order valence-electron chi connectivity index (χ0n) is 14.6. The van der Waals surface area contributed by atoms with Gasteiger partial charge in [-0.25, -0.2) is 0 Å². The van der Waals surface area contributed by atoms with Gasteiger partial charge in [-0.1, -0.05) is 96.2 Å². The highest BCUT2D eigenvalue weighted by atomic mass is 16.9. The Labute approximate surface area is 149 Å². The summed E-state index contributed by atoms with van der Waals surface area (Å²) in [7, 11) is 3.35. The van der Waals surface area contributed by atoms with Crippen LogP contribution in [0.2, 0.25) is 0 Å². The van der Waals surface area contributed by atoms with Gasteiger partial charge in [0.05, 0.1) is 19.1 Å². The molecular formula is C22H23NO2. The molecule has 0 saturated heterocycles. The molecule has 0 spiro atoms. The molecule has 25 heavy (non-hydrogen) atoms. The van der Waals surface area contributed by atoms with Crippen molar-refractivity contribution >= 4 is 0 Å². The van der Waals surface area contributed by atoms with Gasteiger partial charge in [0, 0.05) is 7.05 Å². The number of hydrogen-bond donors (Lipinski definition) is 0. The van der Waals surface area contributed by atoms with E-state index in [1.807, 2.05) is 18.2 Å². The molecule has 0 saturated carbocycles. The first-order valence-electron chi connectivity index (χ1n) is 8.34. The Morgan fingerprint density at radius 3 is 1.36 bits per heavy atom. The predicted molar refractivity (Wildman–Crippen MR) is 99.9 cm³/mol. The first-order valence-corrected chi connectivity index (χ1v) is 8.34. The minimum atomic E-state index is -0.434. The Balaban J connectivity index is 2.20. The van der Waals surface area contributed by atoms with E-state index >= 15 is 0 Å². The molecule has 0 unspecified atom stereocenters. The fourth-order valence-electron chi connectivity index (χ4n) is 3.16. The van der Waals surface area contributed by atoms with E-state index in [-0.39, 0.29) is 0 Å². The van der Waals surface area contributed by atoms with Crippen molar-refractivity contribution < 1.29 is 9.68 Å². The average Bonchev–Trinajstić information content (AvgIpc) is 2.71. The van der Waals surface area contributed by atoms with Crippen molar-refractivity contribution in [3.05, 3.63) is 108 Å². The van der Waals surface area contributed by atoms with Crippen molar-refractivity contribution in [2.24, 2.45) is 0 Å². The second-order valence-electron chi connectivity index (χ2n) is 5.90. The standard InChI is InChI=1S/C22H23NO2/c1-23(24-2)25-18-22(19-12-6-3-7-13-19,20-14-8-4-9-15-20)21-16-10-5-11-17-21/h3-17H,18H2,1-2H3. The van der Waals surface area contributed by atoms with Gasteiger partial charge in [-0.3, -0.25) is 9.68 Å². The Hall–Kier alpha value is -2.46. The van der Waals surface area contributed by atoms with E-state index in [2.05, 4.69) is 72.8 Å². The lowest BCUT2D eigenvalue weighted by Crippen LogP contribution is -2.37. The van der Waals surface area contributed by atoms with E-state index in [4.69, 9.17) is 9.68 Å². The van der Waals surface area contributed by atoms with Crippen LogP contribution < -0.4 is 0 Å². The van der Waals surface area contributed by atoms with Crippen LogP contribution >= 0.6 is 0 Å². The third kappa shape index (κ3) is 3.64. The molecule has 0 aromatic heterocycles. The van der Waals surface area contributed by atoms with Crippen molar-refractivity contribution in [2.75, 3.05) is 20.8 Å². The molecule has 0 aliphatic heterocycles. The molecule has 0 heterocycles. The van der Waals surface area contributed by atoms with E-state index in [1.54, 1.807) is 14.2 Å². The highest BCUT2D eigenvalue weighted by Gasteiger charge is 2.37. The van der Waals surface area contributed by atoms with Crippen LogP contribution in [-0.2, 0) is 15.1 Å². The maximum absolute atomic E-state index is 5.93. The molecule has 0 aliphatic rings. The summed E-state index contributed by atoms with van der Waals surface area (Å²) in [6.07, 6.45) is 0. The summed E-state index contributed by atoms with van der Waals surface area (Å²) >= 11 is 0. The van der Waals surface area contributed by atoms with Gasteiger partial charge in [0.25, 0.3) is 0 Å². The molecular weight excluding hydrogens is 310 g/mol. The van der Waals surface area contributed by atoms with Gasteiger partial charge in [0.2, 0.25) is 0 Å². The maximum atomic E-state index is 5.93. The largest absolute Gasteiger partial charge is 0.278 e. The molecule has 0 amide bonds. The molecule has 0 aliphatic carbocycles. The van der Waals surface area contributed by atoms with Crippen molar-refractivity contribution in [3.63, 3.8) is 0 Å². The van der Waals surface area contributed by atoms with Crippen molar-refractivity contribution in [3.8, 4) is 0 Å². The maximum Gasteiger partial charge on any atom is 0.0889 e. The third-order valence-corrected chi connectivity index (χ3v) is 4.52. The normalized spacial score (nSPS) is 11.6. The topological polar surface area (TPSA) is 21.7 Å². The number of benzene rings is 3. The SMILES string of the molecule is CON(C)OCC(c1ccccc1)(c1ccccc1)c1ccccc1. The first kappa shape index (κ1) is 17.4. The Morgan fingerprint density at radius 2 is 1.04 bits per heavy atom. The van der Waals surface area contributed by atoms with Crippen molar-refractivity contribution in [1.82, 2.24) is 5.23 Å². The monoisotopic (exact) mass is 333 g/mol. The number of nitrogens with zero attached hydrogens (tertiary/aromatic N) is 1. The van der Waals surface area contributed by atoms with E-state index in [1.165, 1.54) is 21.9 Å². The van der Waals surface area contributed by atoms with Crippen LogP contribution in [0.25, 0.3) is 0 Å². The fourth-order valence-corrected chi connectivity index (χ4v) is 3.16. The van der Waals surface area contributed by atoms with Gasteiger partial charge in [-0.2, -0.15) is 0 Å². The third-order valence-electron chi connectivity index (χ3n) is 4.52. The molecule has 3 aromatic carbocycles. The molecule has 128 valence electrons. The second-order valence-corrected chi connectivity index (χ2v) is 5.90. The predicted octanol–water partition coefficient (Wildman–Crippen LogP) is 4.45. The number of rotatable bonds is 7. The molecule has 0 bridgehead atoms. The lowest BCUT2D eigenvalue weighted by atomic mass is 9.70. The molecule has 0 radical (unpaired) electrons. The summed E-state index contributed by atoms with van der Waals surface area (Å²) in [6, 6.07) is 31.4. The molecule has 0 atom stereocenters. The van der Waals surface area contributed by atoms with E-state index in [9.17, 15) is 0 Å². The highest BCUT2D eigenvalue weighted by Crippen LogP contribution is 2.39. The van der Waals surface area contributed by atoms with Crippen LogP contribution in [0.15, 0.2) is 91.0 Å². The van der Waals surface area contributed by atoms with Gasteiger partial charge in [0.1, 0.15) is 0 Å². The minimum Gasteiger partial charge on any atom is -0.278 e. The van der Waals surface area contributed by atoms with Gasteiger partial charge < -0.3 is 0 Å². The zero-order valence-corrected chi connectivity index (χ0v) is 14.6. The summed E-state index contributed by atoms with van der Waals surface area (Å²) in [5, 5.41) is 1.39. The fraction of sp³-hybridized carbons (Fsp3) is 0.182. The summed E-state index contributed by atoms with van der Waals surface area (Å²) in [6.45, 7) is 0.426. The van der Waals surface area contributed by atoms with E-state index < -0.39 is 5.41 Å². The van der Waals surface area contributed by atoms with Crippen LogP contribution in [0, 0.1) is 0 Å². The minimum absolute atomic E-state index is 0.426. The Morgan fingerprint density at radius 1 is 0.680 bits per heavy atom. The Bertz CT molecular complexity index is 663. The highest BCUT2D eigenvalue weighted by molar-refractivity contribution is 5.50. The van der Waals surface area contributed by atoms with E-state index in [0.29, 0.717) is 6.61 Å². The lowest BCUT2D eigenvalue weighted by Gasteiger charge is -2.36. The van der Waals surface area contributed by atoms with Gasteiger partial charge in [-0.15, -0.1) is 0 Å². The lowest BCUT2D eigenvalue weighted by molar-refractivity contribution is -0.343.